The van der Waals surface area contributed by atoms with Gasteiger partial charge < -0.3 is 9.42 Å². The van der Waals surface area contributed by atoms with E-state index in [9.17, 15) is 0 Å². The smallest absolute Gasteiger partial charge is 0.223 e. The SMILES string of the molecule is Cc1nc(-c2ccc(N3CC[C@@H](C)C3)cc2Cl)no1. The maximum absolute atomic E-state index is 6.34. The Morgan fingerprint density at radius 1 is 1.42 bits per heavy atom. The Kier molecular flexibility index (Phi) is 3.19. The summed E-state index contributed by atoms with van der Waals surface area (Å²) in [6, 6.07) is 6.02. The zero-order valence-electron chi connectivity index (χ0n) is 11.1. The van der Waals surface area contributed by atoms with E-state index in [1.54, 1.807) is 6.92 Å². The lowest BCUT2D eigenvalue weighted by molar-refractivity contribution is 0.394. The van der Waals surface area contributed by atoms with Gasteiger partial charge >= 0.3 is 0 Å². The van der Waals surface area contributed by atoms with Gasteiger partial charge in [0.05, 0.1) is 5.02 Å². The van der Waals surface area contributed by atoms with Gasteiger partial charge in [0.1, 0.15) is 0 Å². The predicted octanol–water partition coefficient (Wildman–Crippen LogP) is 3.54. The van der Waals surface area contributed by atoms with Gasteiger partial charge in [0.2, 0.25) is 11.7 Å². The maximum Gasteiger partial charge on any atom is 0.223 e. The van der Waals surface area contributed by atoms with E-state index in [0.717, 1.165) is 24.6 Å². The molecule has 1 aliphatic rings. The van der Waals surface area contributed by atoms with Gasteiger partial charge in [-0.2, -0.15) is 4.98 Å². The van der Waals surface area contributed by atoms with E-state index >= 15 is 0 Å². The van der Waals surface area contributed by atoms with Crippen LogP contribution < -0.4 is 4.90 Å². The van der Waals surface area contributed by atoms with Crippen molar-refractivity contribution in [2.75, 3.05) is 18.0 Å². The third kappa shape index (κ3) is 2.45. The fourth-order valence-corrected chi connectivity index (χ4v) is 2.72. The molecule has 0 aliphatic carbocycles. The third-order valence-corrected chi connectivity index (χ3v) is 3.82. The zero-order valence-corrected chi connectivity index (χ0v) is 11.8. The molecule has 5 heteroatoms. The quantitative estimate of drug-likeness (QED) is 0.842. The number of anilines is 1. The van der Waals surface area contributed by atoms with Crippen LogP contribution in [0.4, 0.5) is 5.69 Å². The molecule has 2 heterocycles. The molecule has 1 aliphatic heterocycles. The lowest BCUT2D eigenvalue weighted by Crippen LogP contribution is -2.18. The molecule has 1 fully saturated rings. The first-order chi connectivity index (χ1) is 9.13. The van der Waals surface area contributed by atoms with Gasteiger partial charge in [-0.1, -0.05) is 23.7 Å². The van der Waals surface area contributed by atoms with E-state index < -0.39 is 0 Å². The van der Waals surface area contributed by atoms with Crippen LogP contribution >= 0.6 is 11.6 Å². The van der Waals surface area contributed by atoms with Crippen molar-refractivity contribution in [3.8, 4) is 11.4 Å². The van der Waals surface area contributed by atoms with Crippen molar-refractivity contribution < 1.29 is 4.52 Å². The molecule has 1 aromatic heterocycles. The molecule has 1 aromatic carbocycles. The van der Waals surface area contributed by atoms with Crippen LogP contribution in [-0.2, 0) is 0 Å². The second-order valence-electron chi connectivity index (χ2n) is 5.14. The largest absolute Gasteiger partial charge is 0.371 e. The van der Waals surface area contributed by atoms with Crippen LogP contribution in [0.3, 0.4) is 0 Å². The summed E-state index contributed by atoms with van der Waals surface area (Å²) in [5.41, 5.74) is 1.98. The Labute approximate surface area is 117 Å². The van der Waals surface area contributed by atoms with Crippen LogP contribution in [0.1, 0.15) is 19.2 Å². The maximum atomic E-state index is 6.34. The molecule has 0 spiro atoms. The van der Waals surface area contributed by atoms with E-state index in [4.69, 9.17) is 16.1 Å². The van der Waals surface area contributed by atoms with Crippen LogP contribution in [0, 0.1) is 12.8 Å². The highest BCUT2D eigenvalue weighted by molar-refractivity contribution is 6.33. The van der Waals surface area contributed by atoms with Crippen molar-refractivity contribution in [2.24, 2.45) is 5.92 Å². The van der Waals surface area contributed by atoms with E-state index in [1.807, 2.05) is 12.1 Å². The summed E-state index contributed by atoms with van der Waals surface area (Å²) in [5, 5.41) is 4.57. The third-order valence-electron chi connectivity index (χ3n) is 3.51. The summed E-state index contributed by atoms with van der Waals surface area (Å²) < 4.78 is 4.99. The minimum Gasteiger partial charge on any atom is -0.371 e. The highest BCUT2D eigenvalue weighted by Gasteiger charge is 2.20. The molecule has 100 valence electrons. The van der Waals surface area contributed by atoms with E-state index in [1.165, 1.54) is 12.1 Å². The van der Waals surface area contributed by atoms with Crippen LogP contribution in [0.2, 0.25) is 5.02 Å². The normalized spacial score (nSPS) is 19.1. The van der Waals surface area contributed by atoms with Crippen molar-refractivity contribution in [3.63, 3.8) is 0 Å². The van der Waals surface area contributed by atoms with Crippen molar-refractivity contribution in [3.05, 3.63) is 29.1 Å². The average molecular weight is 278 g/mol. The number of rotatable bonds is 2. The summed E-state index contributed by atoms with van der Waals surface area (Å²) in [7, 11) is 0. The summed E-state index contributed by atoms with van der Waals surface area (Å²) in [4.78, 5) is 6.57. The number of nitrogens with zero attached hydrogens (tertiary/aromatic N) is 3. The fraction of sp³-hybridized carbons (Fsp3) is 0.429. The molecule has 2 aromatic rings. The molecule has 0 radical (unpaired) electrons. The molecule has 1 atom stereocenters. The van der Waals surface area contributed by atoms with Crippen molar-refractivity contribution >= 4 is 17.3 Å². The molecular weight excluding hydrogens is 262 g/mol. The van der Waals surface area contributed by atoms with Crippen LogP contribution in [0.25, 0.3) is 11.4 Å². The van der Waals surface area contributed by atoms with Crippen molar-refractivity contribution in [2.45, 2.75) is 20.3 Å². The van der Waals surface area contributed by atoms with Crippen LogP contribution in [0.5, 0.6) is 0 Å². The Morgan fingerprint density at radius 2 is 2.26 bits per heavy atom. The topological polar surface area (TPSA) is 42.2 Å². The van der Waals surface area contributed by atoms with Gasteiger partial charge in [-0.3, -0.25) is 0 Å². The highest BCUT2D eigenvalue weighted by atomic mass is 35.5. The van der Waals surface area contributed by atoms with Gasteiger partial charge in [0.25, 0.3) is 0 Å². The molecular formula is C14H16ClN3O. The lowest BCUT2D eigenvalue weighted by Gasteiger charge is -2.18. The number of hydrogen-bond donors (Lipinski definition) is 0. The van der Waals surface area contributed by atoms with Gasteiger partial charge in [0, 0.05) is 31.3 Å². The average Bonchev–Trinajstić information content (AvgIpc) is 2.98. The first-order valence-corrected chi connectivity index (χ1v) is 6.86. The molecule has 0 amide bonds. The summed E-state index contributed by atoms with van der Waals surface area (Å²) in [6.45, 7) is 6.23. The number of hydrogen-bond acceptors (Lipinski definition) is 4. The summed E-state index contributed by atoms with van der Waals surface area (Å²) in [6.07, 6.45) is 1.24. The monoisotopic (exact) mass is 277 g/mol. The summed E-state index contributed by atoms with van der Waals surface area (Å²) in [5.74, 6) is 1.84. The van der Waals surface area contributed by atoms with E-state index in [2.05, 4.69) is 28.0 Å². The second-order valence-corrected chi connectivity index (χ2v) is 5.55. The van der Waals surface area contributed by atoms with Crippen molar-refractivity contribution in [1.82, 2.24) is 10.1 Å². The molecule has 0 unspecified atom stereocenters. The standard InChI is InChI=1S/C14H16ClN3O/c1-9-5-6-18(8-9)11-3-4-12(13(15)7-11)14-16-10(2)19-17-14/h3-4,7,9H,5-6,8H2,1-2H3/t9-/m1/s1. The first kappa shape index (κ1) is 12.5. The molecule has 0 N–H and O–H groups in total. The lowest BCUT2D eigenvalue weighted by atomic mass is 10.1. The highest BCUT2D eigenvalue weighted by Crippen LogP contribution is 2.32. The Morgan fingerprint density at radius 3 is 2.84 bits per heavy atom. The minimum absolute atomic E-state index is 0.545. The molecule has 0 bridgehead atoms. The van der Waals surface area contributed by atoms with Crippen LogP contribution in [0.15, 0.2) is 22.7 Å². The van der Waals surface area contributed by atoms with Gasteiger partial charge in [0.15, 0.2) is 0 Å². The fourth-order valence-electron chi connectivity index (χ4n) is 2.46. The Hall–Kier alpha value is -1.55. The molecule has 1 saturated heterocycles. The molecule has 19 heavy (non-hydrogen) atoms. The Bertz CT molecular complexity index is 596. The minimum atomic E-state index is 0.545. The Balaban J connectivity index is 1.90. The predicted molar refractivity (Wildman–Crippen MR) is 75.5 cm³/mol. The second kappa shape index (κ2) is 4.85. The van der Waals surface area contributed by atoms with Crippen molar-refractivity contribution in [1.29, 1.82) is 0 Å². The summed E-state index contributed by atoms with van der Waals surface area (Å²) >= 11 is 6.34. The number of aromatic nitrogens is 2. The van der Waals surface area contributed by atoms with Crippen LogP contribution in [-0.4, -0.2) is 23.2 Å². The molecule has 4 nitrogen and oxygen atoms in total. The number of aryl methyl sites for hydroxylation is 1. The molecule has 3 rings (SSSR count). The molecule has 0 saturated carbocycles. The number of benzene rings is 1. The number of halogens is 1. The van der Waals surface area contributed by atoms with Gasteiger partial charge in [-0.05, 0) is 30.5 Å². The van der Waals surface area contributed by atoms with Gasteiger partial charge in [-0.25, -0.2) is 0 Å². The first-order valence-electron chi connectivity index (χ1n) is 6.48. The zero-order chi connectivity index (χ0) is 13.4. The van der Waals surface area contributed by atoms with E-state index in [0.29, 0.717) is 16.7 Å². The van der Waals surface area contributed by atoms with Gasteiger partial charge in [-0.15, -0.1) is 0 Å². The van der Waals surface area contributed by atoms with E-state index in [-0.39, 0.29) is 0 Å².